The molecule has 0 bridgehead atoms. The minimum Gasteiger partial charge on any atom is -0.329 e. The zero-order chi connectivity index (χ0) is 25.7. The van der Waals surface area contributed by atoms with Crippen molar-refractivity contribution in [2.24, 2.45) is 5.92 Å². The number of benzene rings is 1. The molecule has 1 aromatic carbocycles. The summed E-state index contributed by atoms with van der Waals surface area (Å²) in [6, 6.07) is 4.45. The summed E-state index contributed by atoms with van der Waals surface area (Å²) in [4.78, 5) is 27.0. The number of alkyl halides is 4. The zero-order valence-electron chi connectivity index (χ0n) is 20.3. The molecule has 1 unspecified atom stereocenters. The second-order valence-electron chi connectivity index (χ2n) is 11.0. The number of fused-ring (bicyclic) bond motifs is 1. The third kappa shape index (κ3) is 5.31. The van der Waals surface area contributed by atoms with Gasteiger partial charge in [0.15, 0.2) is 0 Å². The summed E-state index contributed by atoms with van der Waals surface area (Å²) < 4.78 is 55.7. The molecule has 2 N–H and O–H groups in total. The van der Waals surface area contributed by atoms with E-state index in [1.54, 1.807) is 11.0 Å². The Morgan fingerprint density at radius 1 is 1.03 bits per heavy atom. The highest BCUT2D eigenvalue weighted by molar-refractivity contribution is 6.01. The van der Waals surface area contributed by atoms with Crippen molar-refractivity contribution >= 4 is 11.8 Å². The highest BCUT2D eigenvalue weighted by Gasteiger charge is 2.44. The molecular formula is C27H33F4N3O2. The number of amides is 2. The zero-order valence-corrected chi connectivity index (χ0v) is 20.3. The Hall–Kier alpha value is -2.42. The summed E-state index contributed by atoms with van der Waals surface area (Å²) in [5, 5.41) is 6.04. The molecule has 2 heterocycles. The van der Waals surface area contributed by atoms with Gasteiger partial charge in [-0.15, -0.1) is 0 Å². The van der Waals surface area contributed by atoms with Crippen molar-refractivity contribution in [2.75, 3.05) is 0 Å². The maximum atomic E-state index is 14.3. The fraction of sp³-hybridized carbons (Fsp3) is 0.630. The number of halogens is 4. The molecule has 2 amide bonds. The first kappa shape index (κ1) is 25.2. The van der Waals surface area contributed by atoms with E-state index in [2.05, 4.69) is 17.2 Å². The van der Waals surface area contributed by atoms with E-state index in [1.807, 2.05) is 12.1 Å². The van der Waals surface area contributed by atoms with Crippen LogP contribution in [0.4, 0.5) is 17.6 Å². The lowest BCUT2D eigenvalue weighted by Gasteiger charge is -2.40. The lowest BCUT2D eigenvalue weighted by Crippen LogP contribution is -2.51. The Morgan fingerprint density at radius 2 is 1.75 bits per heavy atom. The van der Waals surface area contributed by atoms with Crippen molar-refractivity contribution in [3.63, 3.8) is 0 Å². The number of rotatable bonds is 5. The molecule has 1 saturated heterocycles. The van der Waals surface area contributed by atoms with Gasteiger partial charge in [-0.1, -0.05) is 18.7 Å². The van der Waals surface area contributed by atoms with Gasteiger partial charge >= 0.3 is 0 Å². The van der Waals surface area contributed by atoms with Crippen molar-refractivity contribution in [1.29, 1.82) is 0 Å². The third-order valence-electron chi connectivity index (χ3n) is 8.33. The van der Waals surface area contributed by atoms with Crippen molar-refractivity contribution < 1.29 is 27.2 Å². The molecule has 3 atom stereocenters. The SMILES string of the molecule is C=C1CCC(N2Cc3cc(C[C@H]4CCC(F)(F)C[C@@H]4NC4CCC(F)(F)CC4)ccc3C2=O)C(=O)N1. The van der Waals surface area contributed by atoms with Crippen molar-refractivity contribution in [3.05, 3.63) is 47.2 Å². The van der Waals surface area contributed by atoms with E-state index in [0.717, 1.165) is 11.1 Å². The summed E-state index contributed by atoms with van der Waals surface area (Å²) in [7, 11) is 0. The fourth-order valence-corrected chi connectivity index (χ4v) is 6.27. The number of nitrogens with zero attached hydrogens (tertiary/aromatic N) is 1. The molecule has 9 heteroatoms. The van der Waals surface area contributed by atoms with Gasteiger partial charge in [0.2, 0.25) is 17.8 Å². The van der Waals surface area contributed by atoms with E-state index < -0.39 is 23.9 Å². The number of hydrogen-bond donors (Lipinski definition) is 2. The van der Waals surface area contributed by atoms with Gasteiger partial charge in [0.05, 0.1) is 0 Å². The van der Waals surface area contributed by atoms with E-state index >= 15 is 0 Å². The highest BCUT2D eigenvalue weighted by Crippen LogP contribution is 2.40. The molecule has 0 aromatic heterocycles. The number of carbonyl (C=O) groups excluding carboxylic acids is 2. The highest BCUT2D eigenvalue weighted by atomic mass is 19.3. The lowest BCUT2D eigenvalue weighted by atomic mass is 9.77. The Kier molecular flexibility index (Phi) is 6.64. The van der Waals surface area contributed by atoms with Crippen LogP contribution in [0.25, 0.3) is 0 Å². The topological polar surface area (TPSA) is 61.4 Å². The molecule has 5 rings (SSSR count). The monoisotopic (exact) mass is 507 g/mol. The van der Waals surface area contributed by atoms with Gasteiger partial charge in [-0.2, -0.15) is 0 Å². The Labute approximate surface area is 208 Å². The quantitative estimate of drug-likeness (QED) is 0.555. The van der Waals surface area contributed by atoms with E-state index in [1.165, 1.54) is 0 Å². The molecule has 0 spiro atoms. The summed E-state index contributed by atoms with van der Waals surface area (Å²) >= 11 is 0. The number of nitrogens with one attached hydrogen (secondary N) is 2. The largest absolute Gasteiger partial charge is 0.329 e. The first-order valence-electron chi connectivity index (χ1n) is 12.9. The van der Waals surface area contributed by atoms with Crippen LogP contribution in [0.5, 0.6) is 0 Å². The summed E-state index contributed by atoms with van der Waals surface area (Å²) in [6.07, 6.45) is 1.78. The number of piperidine rings is 1. The molecule has 5 nitrogen and oxygen atoms in total. The van der Waals surface area contributed by atoms with Crippen LogP contribution >= 0.6 is 0 Å². The van der Waals surface area contributed by atoms with Gasteiger partial charge in [-0.25, -0.2) is 17.6 Å². The van der Waals surface area contributed by atoms with Gasteiger partial charge < -0.3 is 15.5 Å². The van der Waals surface area contributed by atoms with E-state index in [4.69, 9.17) is 0 Å². The van der Waals surface area contributed by atoms with E-state index in [9.17, 15) is 27.2 Å². The van der Waals surface area contributed by atoms with Gasteiger partial charge in [-0.3, -0.25) is 9.59 Å². The maximum Gasteiger partial charge on any atom is 0.255 e. The van der Waals surface area contributed by atoms with Crippen LogP contribution in [0.2, 0.25) is 0 Å². The second-order valence-corrected chi connectivity index (χ2v) is 11.0. The van der Waals surface area contributed by atoms with Gasteiger partial charge in [0.25, 0.3) is 5.91 Å². The molecule has 36 heavy (non-hydrogen) atoms. The first-order valence-corrected chi connectivity index (χ1v) is 12.9. The van der Waals surface area contributed by atoms with Crippen molar-refractivity contribution in [2.45, 2.75) is 101 Å². The van der Waals surface area contributed by atoms with Crippen LogP contribution in [0.15, 0.2) is 30.5 Å². The summed E-state index contributed by atoms with van der Waals surface area (Å²) in [5.41, 5.74) is 3.03. The summed E-state index contributed by atoms with van der Waals surface area (Å²) in [6.45, 7) is 4.13. The molecule has 4 aliphatic rings. The lowest BCUT2D eigenvalue weighted by molar-refractivity contribution is -0.126. The van der Waals surface area contributed by atoms with Crippen molar-refractivity contribution in [1.82, 2.24) is 15.5 Å². The van der Waals surface area contributed by atoms with Gasteiger partial charge in [0, 0.05) is 55.6 Å². The van der Waals surface area contributed by atoms with E-state index in [-0.39, 0.29) is 49.5 Å². The second kappa shape index (κ2) is 9.47. The molecule has 2 saturated carbocycles. The summed E-state index contributed by atoms with van der Waals surface area (Å²) in [5.74, 6) is -5.85. The molecule has 2 aliphatic heterocycles. The Morgan fingerprint density at radius 3 is 2.47 bits per heavy atom. The fourth-order valence-electron chi connectivity index (χ4n) is 6.27. The predicted molar refractivity (Wildman–Crippen MR) is 127 cm³/mol. The third-order valence-corrected chi connectivity index (χ3v) is 8.33. The maximum absolute atomic E-state index is 14.3. The van der Waals surface area contributed by atoms with Crippen LogP contribution < -0.4 is 10.6 Å². The average Bonchev–Trinajstić information content (AvgIpc) is 3.12. The predicted octanol–water partition coefficient (Wildman–Crippen LogP) is 4.95. The van der Waals surface area contributed by atoms with Crippen LogP contribution in [-0.2, 0) is 17.8 Å². The van der Waals surface area contributed by atoms with Crippen LogP contribution in [-0.4, -0.2) is 46.7 Å². The van der Waals surface area contributed by atoms with Crippen LogP contribution in [0, 0.1) is 5.92 Å². The van der Waals surface area contributed by atoms with Gasteiger partial charge in [0.1, 0.15) is 6.04 Å². The first-order chi connectivity index (χ1) is 17.0. The number of carbonyl (C=O) groups is 2. The molecular weight excluding hydrogens is 474 g/mol. The minimum absolute atomic E-state index is 0.0477. The average molecular weight is 508 g/mol. The van der Waals surface area contributed by atoms with Crippen LogP contribution in [0.3, 0.4) is 0 Å². The minimum atomic E-state index is -2.76. The van der Waals surface area contributed by atoms with Crippen molar-refractivity contribution in [3.8, 4) is 0 Å². The Balaban J connectivity index is 1.27. The van der Waals surface area contributed by atoms with Crippen LogP contribution in [0.1, 0.15) is 79.3 Å². The molecule has 3 fully saturated rings. The number of allylic oxidation sites excluding steroid dienone is 1. The normalized spacial score (nSPS) is 30.3. The Bertz CT molecular complexity index is 1050. The molecule has 196 valence electrons. The molecule has 0 radical (unpaired) electrons. The standard InChI is InChI=1S/C27H33F4N3O2/c1-16-2-5-23(24(35)32-16)34-15-19-13-17(3-4-21(19)25(34)36)12-18-6-9-27(30,31)14-22(18)33-20-7-10-26(28,29)11-8-20/h3-4,13,18,20,22-23,33H,1-2,5-12,14-15H2,(H,32,35)/t18-,22+,23?/m1/s1. The van der Waals surface area contributed by atoms with E-state index in [0.29, 0.717) is 56.3 Å². The smallest absolute Gasteiger partial charge is 0.255 e. The van der Waals surface area contributed by atoms with Gasteiger partial charge in [-0.05, 0) is 61.6 Å². The number of hydrogen-bond acceptors (Lipinski definition) is 3. The molecule has 1 aromatic rings. The molecule has 2 aliphatic carbocycles.